The van der Waals surface area contributed by atoms with E-state index in [9.17, 15) is 0 Å². The molecule has 1 aromatic carbocycles. The molecule has 150 valence electrons. The SMILES string of the molecule is COc1ccc(CN(C)C2CCCN(C)C2)cc1B1OC(C)(C)C(C)(C)O1. The zero-order valence-corrected chi connectivity index (χ0v) is 18.0. The van der Waals surface area contributed by atoms with Crippen LogP contribution in [0.3, 0.4) is 0 Å². The lowest BCUT2D eigenvalue weighted by molar-refractivity contribution is 0.00578. The molecule has 2 saturated heterocycles. The van der Waals surface area contributed by atoms with Crippen LogP contribution >= 0.6 is 0 Å². The Morgan fingerprint density at radius 2 is 1.89 bits per heavy atom. The van der Waals surface area contributed by atoms with Gasteiger partial charge in [-0.2, -0.15) is 0 Å². The van der Waals surface area contributed by atoms with Crippen LogP contribution in [0, 0.1) is 0 Å². The van der Waals surface area contributed by atoms with Crippen molar-refractivity contribution in [3.63, 3.8) is 0 Å². The number of piperidine rings is 1. The van der Waals surface area contributed by atoms with Gasteiger partial charge in [0.2, 0.25) is 0 Å². The van der Waals surface area contributed by atoms with Gasteiger partial charge >= 0.3 is 7.12 Å². The Morgan fingerprint density at radius 3 is 2.48 bits per heavy atom. The standard InChI is InChI=1S/C21H35BN2O3/c1-20(2)21(3,4)27-22(26-20)18-13-16(10-11-19(18)25-7)14-24(6)17-9-8-12-23(5)15-17/h10-11,13,17H,8-9,12,14-15H2,1-7H3. The minimum Gasteiger partial charge on any atom is -0.497 e. The molecule has 1 aromatic rings. The van der Waals surface area contributed by atoms with Gasteiger partial charge in [0.1, 0.15) is 5.75 Å². The van der Waals surface area contributed by atoms with Gasteiger partial charge in [-0.25, -0.2) is 0 Å². The summed E-state index contributed by atoms with van der Waals surface area (Å²) in [5, 5.41) is 0. The molecule has 5 nitrogen and oxygen atoms in total. The lowest BCUT2D eigenvalue weighted by atomic mass is 9.77. The van der Waals surface area contributed by atoms with Gasteiger partial charge < -0.3 is 18.9 Å². The van der Waals surface area contributed by atoms with Gasteiger partial charge in [-0.1, -0.05) is 12.1 Å². The van der Waals surface area contributed by atoms with E-state index >= 15 is 0 Å². The quantitative estimate of drug-likeness (QED) is 0.740. The molecule has 6 heteroatoms. The van der Waals surface area contributed by atoms with Crippen LogP contribution in [-0.4, -0.2) is 68.5 Å². The third-order valence-corrected chi connectivity index (χ3v) is 6.46. The maximum Gasteiger partial charge on any atom is 0.498 e. The summed E-state index contributed by atoms with van der Waals surface area (Å²) >= 11 is 0. The molecule has 0 bridgehead atoms. The summed E-state index contributed by atoms with van der Waals surface area (Å²) in [7, 11) is 5.73. The summed E-state index contributed by atoms with van der Waals surface area (Å²) in [6, 6.07) is 6.98. The fourth-order valence-electron chi connectivity index (χ4n) is 3.95. The highest BCUT2D eigenvalue weighted by atomic mass is 16.7. The summed E-state index contributed by atoms with van der Waals surface area (Å²) in [4.78, 5) is 4.89. The zero-order valence-electron chi connectivity index (χ0n) is 18.0. The number of likely N-dealkylation sites (tertiary alicyclic amines) is 1. The smallest absolute Gasteiger partial charge is 0.497 e. The maximum atomic E-state index is 6.26. The van der Waals surface area contributed by atoms with Gasteiger partial charge in [0, 0.05) is 24.6 Å². The molecule has 2 fully saturated rings. The molecule has 3 rings (SSSR count). The van der Waals surface area contributed by atoms with E-state index in [0.717, 1.165) is 24.3 Å². The Morgan fingerprint density at radius 1 is 1.22 bits per heavy atom. The molecule has 0 spiro atoms. The lowest BCUT2D eigenvalue weighted by Gasteiger charge is -2.36. The highest BCUT2D eigenvalue weighted by Gasteiger charge is 2.52. The molecule has 0 N–H and O–H groups in total. The molecule has 2 heterocycles. The van der Waals surface area contributed by atoms with Crippen molar-refractivity contribution in [1.82, 2.24) is 9.80 Å². The molecule has 1 atom stereocenters. The summed E-state index contributed by atoms with van der Waals surface area (Å²) in [5.74, 6) is 0.817. The second kappa shape index (κ2) is 7.74. The fraction of sp³-hybridized carbons (Fsp3) is 0.714. The summed E-state index contributed by atoms with van der Waals surface area (Å²) in [6.07, 6.45) is 2.54. The normalized spacial score (nSPS) is 25.2. The average molecular weight is 374 g/mol. The number of rotatable bonds is 5. The molecule has 0 radical (unpaired) electrons. The number of methoxy groups -OCH3 is 1. The van der Waals surface area contributed by atoms with Gasteiger partial charge in [-0.3, -0.25) is 4.90 Å². The Labute approximate surface area is 165 Å². The largest absolute Gasteiger partial charge is 0.498 e. The predicted molar refractivity (Wildman–Crippen MR) is 111 cm³/mol. The third-order valence-electron chi connectivity index (χ3n) is 6.46. The van der Waals surface area contributed by atoms with E-state index in [-0.39, 0.29) is 11.2 Å². The Hall–Kier alpha value is -1.08. The molecule has 2 aliphatic rings. The van der Waals surface area contributed by atoms with Crippen LogP contribution in [0.4, 0.5) is 0 Å². The summed E-state index contributed by atoms with van der Waals surface area (Å²) in [6.45, 7) is 11.6. The molecule has 27 heavy (non-hydrogen) atoms. The van der Waals surface area contributed by atoms with Crippen LogP contribution in [0.5, 0.6) is 5.75 Å². The Kier molecular flexibility index (Phi) is 5.92. The first kappa shape index (κ1) is 20.7. The number of benzene rings is 1. The van der Waals surface area contributed by atoms with Gasteiger partial charge in [0.15, 0.2) is 0 Å². The van der Waals surface area contributed by atoms with E-state index in [4.69, 9.17) is 14.0 Å². The third kappa shape index (κ3) is 4.34. The monoisotopic (exact) mass is 374 g/mol. The molecule has 0 aromatic heterocycles. The summed E-state index contributed by atoms with van der Waals surface area (Å²) in [5.41, 5.74) is 1.52. The van der Waals surface area contributed by atoms with Gasteiger partial charge in [0.05, 0.1) is 18.3 Å². The summed E-state index contributed by atoms with van der Waals surface area (Å²) < 4.78 is 18.1. The first-order valence-corrected chi connectivity index (χ1v) is 10.0. The van der Waals surface area contributed by atoms with Crippen LogP contribution < -0.4 is 10.2 Å². The van der Waals surface area contributed by atoms with E-state index in [1.807, 2.05) is 6.07 Å². The minimum absolute atomic E-state index is 0.359. The van der Waals surface area contributed by atoms with Crippen LogP contribution in [0.2, 0.25) is 0 Å². The fourth-order valence-corrected chi connectivity index (χ4v) is 3.95. The van der Waals surface area contributed by atoms with Crippen molar-refractivity contribution < 1.29 is 14.0 Å². The number of nitrogens with zero attached hydrogens (tertiary/aromatic N) is 2. The van der Waals surface area contributed by atoms with E-state index in [1.54, 1.807) is 7.11 Å². The van der Waals surface area contributed by atoms with Crippen LogP contribution in [0.15, 0.2) is 18.2 Å². The maximum absolute atomic E-state index is 6.26. The first-order chi connectivity index (χ1) is 12.6. The number of likely N-dealkylation sites (N-methyl/N-ethyl adjacent to an activating group) is 2. The van der Waals surface area contributed by atoms with E-state index < -0.39 is 7.12 Å². The molecular weight excluding hydrogens is 339 g/mol. The predicted octanol–water partition coefficient (Wildman–Crippen LogP) is 2.52. The van der Waals surface area contributed by atoms with Crippen molar-refractivity contribution in [2.24, 2.45) is 0 Å². The minimum atomic E-state index is -0.406. The highest BCUT2D eigenvalue weighted by Crippen LogP contribution is 2.37. The average Bonchev–Trinajstić information content (AvgIpc) is 2.82. The molecule has 0 aliphatic carbocycles. The molecule has 0 amide bonds. The number of hydrogen-bond donors (Lipinski definition) is 0. The number of ether oxygens (including phenoxy) is 1. The van der Waals surface area contributed by atoms with Crippen molar-refractivity contribution in [3.05, 3.63) is 23.8 Å². The second-order valence-corrected chi connectivity index (χ2v) is 9.14. The van der Waals surface area contributed by atoms with E-state index in [1.165, 1.54) is 24.9 Å². The number of hydrogen-bond acceptors (Lipinski definition) is 5. The van der Waals surface area contributed by atoms with Gasteiger partial charge in [0.25, 0.3) is 0 Å². The van der Waals surface area contributed by atoms with Crippen LogP contribution in [0.1, 0.15) is 46.1 Å². The molecule has 2 aliphatic heterocycles. The van der Waals surface area contributed by atoms with Crippen LogP contribution in [0.25, 0.3) is 0 Å². The topological polar surface area (TPSA) is 34.2 Å². The van der Waals surface area contributed by atoms with E-state index in [2.05, 4.69) is 63.7 Å². The molecule has 0 saturated carbocycles. The highest BCUT2D eigenvalue weighted by molar-refractivity contribution is 6.63. The van der Waals surface area contributed by atoms with E-state index in [0.29, 0.717) is 6.04 Å². The van der Waals surface area contributed by atoms with Gasteiger partial charge in [-0.15, -0.1) is 0 Å². The first-order valence-electron chi connectivity index (χ1n) is 10.0. The molecular formula is C21H35BN2O3. The van der Waals surface area contributed by atoms with Crippen LogP contribution in [-0.2, 0) is 15.9 Å². The van der Waals surface area contributed by atoms with Crippen molar-refractivity contribution in [2.75, 3.05) is 34.3 Å². The molecule has 1 unspecified atom stereocenters. The van der Waals surface area contributed by atoms with Crippen molar-refractivity contribution >= 4 is 12.6 Å². The van der Waals surface area contributed by atoms with Crippen molar-refractivity contribution in [3.8, 4) is 5.75 Å². The lowest BCUT2D eigenvalue weighted by Crippen LogP contribution is -2.44. The van der Waals surface area contributed by atoms with Gasteiger partial charge in [-0.05, 0) is 72.8 Å². The zero-order chi connectivity index (χ0) is 19.8. The van der Waals surface area contributed by atoms with Crippen molar-refractivity contribution in [1.29, 1.82) is 0 Å². The second-order valence-electron chi connectivity index (χ2n) is 9.14. The Balaban J connectivity index is 1.78. The van der Waals surface area contributed by atoms with Crippen molar-refractivity contribution in [2.45, 2.75) is 64.3 Å². The Bertz CT molecular complexity index is 649.